The molecular formula is C14H16ClN3O. The molecule has 1 fully saturated rings. The number of nitrogens with one attached hydrogen (secondary N) is 1. The van der Waals surface area contributed by atoms with Gasteiger partial charge < -0.3 is 10.2 Å². The normalized spacial score (nSPS) is 19.3. The number of halogens is 1. The fourth-order valence-corrected chi connectivity index (χ4v) is 2.55. The van der Waals surface area contributed by atoms with Crippen molar-refractivity contribution in [3.8, 4) is 6.07 Å². The predicted octanol–water partition coefficient (Wildman–Crippen LogP) is 2.32. The van der Waals surface area contributed by atoms with Gasteiger partial charge in [-0.25, -0.2) is 0 Å². The highest BCUT2D eigenvalue weighted by Gasteiger charge is 2.29. The van der Waals surface area contributed by atoms with E-state index in [1.807, 2.05) is 13.0 Å². The van der Waals surface area contributed by atoms with Crippen LogP contribution in [0, 0.1) is 11.3 Å². The summed E-state index contributed by atoms with van der Waals surface area (Å²) >= 11 is 6.02. The number of carbonyl (C=O) groups excluding carboxylic acids is 1. The van der Waals surface area contributed by atoms with Crippen molar-refractivity contribution in [3.63, 3.8) is 0 Å². The maximum atomic E-state index is 12.3. The Morgan fingerprint density at radius 2 is 2.37 bits per heavy atom. The second-order valence-corrected chi connectivity index (χ2v) is 4.93. The summed E-state index contributed by atoms with van der Waals surface area (Å²) in [6.07, 6.45) is 1.83. The summed E-state index contributed by atoms with van der Waals surface area (Å²) in [5.41, 5.74) is 1.19. The lowest BCUT2D eigenvalue weighted by atomic mass is 10.0. The number of rotatable bonds is 3. The zero-order valence-corrected chi connectivity index (χ0v) is 11.6. The third-order valence-corrected chi connectivity index (χ3v) is 3.59. The lowest BCUT2D eigenvalue weighted by molar-refractivity contribution is -0.121. The van der Waals surface area contributed by atoms with E-state index in [-0.39, 0.29) is 11.9 Å². The minimum Gasteiger partial charge on any atom is -0.311 e. The Kier molecular flexibility index (Phi) is 4.41. The Bertz CT molecular complexity index is 522. The standard InChI is InChI=1S/C14H16ClN3O/c1-2-17-13-4-3-7-18(14(13)19)11-6-5-10(9-16)12(15)8-11/h5-6,8,13,17H,2-4,7H2,1H3. The molecule has 100 valence electrons. The maximum absolute atomic E-state index is 12.3. The minimum atomic E-state index is -0.117. The van der Waals surface area contributed by atoms with E-state index in [9.17, 15) is 4.79 Å². The molecule has 0 spiro atoms. The zero-order valence-electron chi connectivity index (χ0n) is 10.8. The van der Waals surface area contributed by atoms with Crippen molar-refractivity contribution in [2.24, 2.45) is 0 Å². The monoisotopic (exact) mass is 277 g/mol. The van der Waals surface area contributed by atoms with Gasteiger partial charge in [-0.05, 0) is 37.6 Å². The van der Waals surface area contributed by atoms with Crippen LogP contribution in [0.4, 0.5) is 5.69 Å². The first-order valence-corrected chi connectivity index (χ1v) is 6.79. The van der Waals surface area contributed by atoms with Crippen molar-refractivity contribution < 1.29 is 4.79 Å². The number of nitrogens with zero attached hydrogens (tertiary/aromatic N) is 2. The first-order valence-electron chi connectivity index (χ1n) is 6.41. The van der Waals surface area contributed by atoms with Crippen LogP contribution in [0.2, 0.25) is 5.02 Å². The number of nitriles is 1. The third kappa shape index (κ3) is 2.89. The predicted molar refractivity (Wildman–Crippen MR) is 75.2 cm³/mol. The van der Waals surface area contributed by atoms with Gasteiger partial charge in [-0.1, -0.05) is 18.5 Å². The van der Waals surface area contributed by atoms with Crippen LogP contribution in [0.1, 0.15) is 25.3 Å². The van der Waals surface area contributed by atoms with Gasteiger partial charge in [-0.2, -0.15) is 5.26 Å². The average Bonchev–Trinajstić information content (AvgIpc) is 2.41. The molecule has 19 heavy (non-hydrogen) atoms. The lowest BCUT2D eigenvalue weighted by Gasteiger charge is -2.32. The number of carbonyl (C=O) groups is 1. The SMILES string of the molecule is CCNC1CCCN(c2ccc(C#N)c(Cl)c2)C1=O. The van der Waals surface area contributed by atoms with Gasteiger partial charge in [0.25, 0.3) is 0 Å². The fraction of sp³-hybridized carbons (Fsp3) is 0.429. The van der Waals surface area contributed by atoms with E-state index in [2.05, 4.69) is 5.32 Å². The highest BCUT2D eigenvalue weighted by Crippen LogP contribution is 2.26. The number of hydrogen-bond donors (Lipinski definition) is 1. The quantitative estimate of drug-likeness (QED) is 0.922. The molecule has 1 amide bonds. The van der Waals surface area contributed by atoms with Gasteiger partial charge in [-0.3, -0.25) is 4.79 Å². The van der Waals surface area contributed by atoms with Gasteiger partial charge in [0.15, 0.2) is 0 Å². The fourth-order valence-electron chi connectivity index (χ4n) is 2.33. The van der Waals surface area contributed by atoms with Crippen molar-refractivity contribution in [2.75, 3.05) is 18.0 Å². The molecule has 2 rings (SSSR count). The van der Waals surface area contributed by atoms with Crippen LogP contribution in [-0.2, 0) is 4.79 Å². The smallest absolute Gasteiger partial charge is 0.244 e. The maximum Gasteiger partial charge on any atom is 0.244 e. The largest absolute Gasteiger partial charge is 0.311 e. The Labute approximate surface area is 118 Å². The second-order valence-electron chi connectivity index (χ2n) is 4.52. The highest BCUT2D eigenvalue weighted by molar-refractivity contribution is 6.32. The van der Waals surface area contributed by atoms with Gasteiger partial charge in [0.2, 0.25) is 5.91 Å². The van der Waals surface area contributed by atoms with Crippen molar-refractivity contribution in [2.45, 2.75) is 25.8 Å². The van der Waals surface area contributed by atoms with E-state index in [1.54, 1.807) is 23.1 Å². The number of benzene rings is 1. The highest BCUT2D eigenvalue weighted by atomic mass is 35.5. The van der Waals surface area contributed by atoms with Crippen LogP contribution < -0.4 is 10.2 Å². The molecule has 5 heteroatoms. The summed E-state index contributed by atoms with van der Waals surface area (Å²) < 4.78 is 0. The minimum absolute atomic E-state index is 0.0777. The Hall–Kier alpha value is -1.57. The van der Waals surface area contributed by atoms with Crippen LogP contribution in [0.15, 0.2) is 18.2 Å². The van der Waals surface area contributed by atoms with Crippen LogP contribution in [0.25, 0.3) is 0 Å². The molecule has 1 saturated heterocycles. The van der Waals surface area contributed by atoms with Gasteiger partial charge in [0, 0.05) is 12.2 Å². The van der Waals surface area contributed by atoms with E-state index in [1.165, 1.54) is 0 Å². The van der Waals surface area contributed by atoms with E-state index < -0.39 is 0 Å². The van der Waals surface area contributed by atoms with Crippen LogP contribution in [0.5, 0.6) is 0 Å². The summed E-state index contributed by atoms with van der Waals surface area (Å²) in [5.74, 6) is 0.0777. The zero-order chi connectivity index (χ0) is 13.8. The van der Waals surface area contributed by atoms with E-state index >= 15 is 0 Å². The van der Waals surface area contributed by atoms with Crippen molar-refractivity contribution in [3.05, 3.63) is 28.8 Å². The molecule has 1 unspecified atom stereocenters. The molecule has 0 bridgehead atoms. The molecular weight excluding hydrogens is 262 g/mol. The molecule has 1 aliphatic rings. The summed E-state index contributed by atoms with van der Waals surface area (Å²) in [5, 5.41) is 12.4. The average molecular weight is 278 g/mol. The third-order valence-electron chi connectivity index (χ3n) is 3.27. The number of likely N-dealkylation sites (N-methyl/N-ethyl adjacent to an activating group) is 1. The van der Waals surface area contributed by atoms with Crippen LogP contribution in [0.3, 0.4) is 0 Å². The van der Waals surface area contributed by atoms with Crippen molar-refractivity contribution in [1.29, 1.82) is 5.26 Å². The Morgan fingerprint density at radius 1 is 1.58 bits per heavy atom. The molecule has 0 radical (unpaired) electrons. The molecule has 0 saturated carbocycles. The van der Waals surface area contributed by atoms with Crippen LogP contribution in [-0.4, -0.2) is 25.0 Å². The number of piperidine rings is 1. The van der Waals surface area contributed by atoms with E-state index in [4.69, 9.17) is 16.9 Å². The summed E-state index contributed by atoms with van der Waals surface area (Å²) in [6.45, 7) is 3.46. The molecule has 4 nitrogen and oxygen atoms in total. The molecule has 1 N–H and O–H groups in total. The van der Waals surface area contributed by atoms with Crippen molar-refractivity contribution >= 4 is 23.2 Å². The first kappa shape index (κ1) is 13.9. The second kappa shape index (κ2) is 6.05. The molecule has 1 aromatic rings. The lowest BCUT2D eigenvalue weighted by Crippen LogP contribution is -2.50. The molecule has 1 heterocycles. The van der Waals surface area contributed by atoms with Gasteiger partial charge >= 0.3 is 0 Å². The van der Waals surface area contributed by atoms with E-state index in [0.29, 0.717) is 17.1 Å². The summed E-state index contributed by atoms with van der Waals surface area (Å²) in [7, 11) is 0. The van der Waals surface area contributed by atoms with Crippen LogP contribution >= 0.6 is 11.6 Å². The Balaban J connectivity index is 2.23. The number of anilines is 1. The van der Waals surface area contributed by atoms with Gasteiger partial charge in [-0.15, -0.1) is 0 Å². The number of hydrogen-bond acceptors (Lipinski definition) is 3. The molecule has 1 atom stereocenters. The molecule has 0 aromatic heterocycles. The molecule has 1 aromatic carbocycles. The topological polar surface area (TPSA) is 56.1 Å². The number of amides is 1. The van der Waals surface area contributed by atoms with Crippen molar-refractivity contribution in [1.82, 2.24) is 5.32 Å². The van der Waals surface area contributed by atoms with Gasteiger partial charge in [0.1, 0.15) is 6.07 Å². The summed E-state index contributed by atoms with van der Waals surface area (Å²) in [6, 6.07) is 7.02. The Morgan fingerprint density at radius 3 is 3.00 bits per heavy atom. The molecule has 1 aliphatic heterocycles. The van der Waals surface area contributed by atoms with Gasteiger partial charge in [0.05, 0.1) is 16.6 Å². The first-order chi connectivity index (χ1) is 9.17. The summed E-state index contributed by atoms with van der Waals surface area (Å²) in [4.78, 5) is 14.1. The molecule has 0 aliphatic carbocycles. The van der Waals surface area contributed by atoms with E-state index in [0.717, 1.165) is 25.1 Å².